The van der Waals surface area contributed by atoms with Crippen molar-refractivity contribution in [2.24, 2.45) is 5.14 Å². The van der Waals surface area contributed by atoms with Gasteiger partial charge >= 0.3 is 0 Å². The van der Waals surface area contributed by atoms with Crippen molar-refractivity contribution in [3.63, 3.8) is 0 Å². The third-order valence-electron chi connectivity index (χ3n) is 3.40. The monoisotopic (exact) mass is 334 g/mol. The number of primary sulfonamides is 1. The van der Waals surface area contributed by atoms with Crippen LogP contribution in [0.1, 0.15) is 0 Å². The lowest BCUT2D eigenvalue weighted by Crippen LogP contribution is -2.15. The quantitative estimate of drug-likeness (QED) is 0.800. The second-order valence-corrected chi connectivity index (χ2v) is 6.43. The lowest BCUT2D eigenvalue weighted by molar-refractivity contribution is 0.509. The fourth-order valence-corrected chi connectivity index (χ4v) is 3.10. The molecular weight excluding hydrogens is 322 g/mol. The van der Waals surface area contributed by atoms with Gasteiger partial charge in [-0.2, -0.15) is 0 Å². The minimum absolute atomic E-state index is 0.0555. The van der Waals surface area contributed by atoms with Crippen molar-refractivity contribution in [3.8, 4) is 16.9 Å². The van der Waals surface area contributed by atoms with Crippen LogP contribution >= 0.6 is 0 Å². The molecule has 1 aromatic heterocycles. The SMILES string of the molecule is NS(=O)(=O)c1ccccc1-n1cccc1-c1ccc(F)c(F)c1. The van der Waals surface area contributed by atoms with Gasteiger partial charge in [-0.3, -0.25) is 0 Å². The number of hydrogen-bond donors (Lipinski definition) is 1. The first kappa shape index (κ1) is 15.4. The van der Waals surface area contributed by atoms with E-state index in [1.54, 1.807) is 41.1 Å². The Kier molecular flexibility index (Phi) is 3.75. The molecule has 0 unspecified atom stereocenters. The zero-order chi connectivity index (χ0) is 16.6. The Hall–Kier alpha value is -2.51. The van der Waals surface area contributed by atoms with Gasteiger partial charge in [0.1, 0.15) is 4.90 Å². The van der Waals surface area contributed by atoms with Gasteiger partial charge in [0.15, 0.2) is 11.6 Å². The molecule has 0 spiro atoms. The smallest absolute Gasteiger partial charge is 0.240 e. The number of halogens is 2. The fourth-order valence-electron chi connectivity index (χ4n) is 2.38. The summed E-state index contributed by atoms with van der Waals surface area (Å²) in [5.74, 6) is -1.92. The molecule has 23 heavy (non-hydrogen) atoms. The molecule has 1 heterocycles. The van der Waals surface area contributed by atoms with Gasteiger partial charge < -0.3 is 4.57 Å². The predicted molar refractivity (Wildman–Crippen MR) is 82.5 cm³/mol. The predicted octanol–water partition coefficient (Wildman–Crippen LogP) is 3.07. The van der Waals surface area contributed by atoms with Crippen molar-refractivity contribution in [2.45, 2.75) is 4.90 Å². The Morgan fingerprint density at radius 1 is 0.913 bits per heavy atom. The van der Waals surface area contributed by atoms with Crippen LogP contribution in [-0.2, 0) is 10.0 Å². The minimum Gasteiger partial charge on any atom is -0.315 e. The zero-order valence-electron chi connectivity index (χ0n) is 11.8. The second kappa shape index (κ2) is 5.60. The Labute approximate surface area is 131 Å². The van der Waals surface area contributed by atoms with Gasteiger partial charge in [0, 0.05) is 11.8 Å². The molecule has 0 bridgehead atoms. The highest BCUT2D eigenvalue weighted by molar-refractivity contribution is 7.89. The first-order chi connectivity index (χ1) is 10.9. The maximum Gasteiger partial charge on any atom is 0.240 e. The summed E-state index contributed by atoms with van der Waals surface area (Å²) in [7, 11) is -3.93. The van der Waals surface area contributed by atoms with Crippen LogP contribution in [0.15, 0.2) is 65.7 Å². The largest absolute Gasteiger partial charge is 0.315 e. The van der Waals surface area contributed by atoms with Gasteiger partial charge in [-0.25, -0.2) is 22.3 Å². The lowest BCUT2D eigenvalue weighted by atomic mass is 10.1. The zero-order valence-corrected chi connectivity index (χ0v) is 12.6. The summed E-state index contributed by atoms with van der Waals surface area (Å²) in [4.78, 5) is -0.0555. The van der Waals surface area contributed by atoms with Gasteiger partial charge in [-0.15, -0.1) is 0 Å². The van der Waals surface area contributed by atoms with Crippen LogP contribution in [0.3, 0.4) is 0 Å². The standard InChI is InChI=1S/C16H12F2N2O2S/c17-12-8-7-11(10-13(12)18)14-5-3-9-20(14)15-4-1-2-6-16(15)23(19,21)22/h1-10H,(H2,19,21,22). The van der Waals surface area contributed by atoms with Crippen molar-refractivity contribution in [1.29, 1.82) is 0 Å². The Balaban J connectivity index is 2.22. The van der Waals surface area contributed by atoms with Crippen LogP contribution in [-0.4, -0.2) is 13.0 Å². The summed E-state index contributed by atoms with van der Waals surface area (Å²) in [6, 6.07) is 13.0. The van der Waals surface area contributed by atoms with E-state index >= 15 is 0 Å². The van der Waals surface area contributed by atoms with E-state index in [4.69, 9.17) is 5.14 Å². The molecule has 0 radical (unpaired) electrons. The first-order valence-electron chi connectivity index (χ1n) is 6.63. The number of aromatic nitrogens is 1. The summed E-state index contributed by atoms with van der Waals surface area (Å²) in [5.41, 5.74) is 1.26. The maximum atomic E-state index is 13.5. The number of para-hydroxylation sites is 1. The van der Waals surface area contributed by atoms with Crippen molar-refractivity contribution in [3.05, 3.63) is 72.4 Å². The Bertz CT molecular complexity index is 981. The number of sulfonamides is 1. The first-order valence-corrected chi connectivity index (χ1v) is 8.17. The Morgan fingerprint density at radius 3 is 2.35 bits per heavy atom. The maximum absolute atomic E-state index is 13.5. The van der Waals surface area contributed by atoms with Crippen molar-refractivity contribution >= 4 is 10.0 Å². The molecule has 0 saturated heterocycles. The number of nitrogens with two attached hydrogens (primary N) is 1. The van der Waals surface area contributed by atoms with Gasteiger partial charge in [0.25, 0.3) is 0 Å². The van der Waals surface area contributed by atoms with Gasteiger partial charge in [0.2, 0.25) is 10.0 Å². The molecule has 0 aliphatic heterocycles. The number of hydrogen-bond acceptors (Lipinski definition) is 2. The molecule has 118 valence electrons. The molecule has 0 atom stereocenters. The summed E-state index contributed by atoms with van der Waals surface area (Å²) in [6.07, 6.45) is 1.63. The summed E-state index contributed by atoms with van der Waals surface area (Å²) >= 11 is 0. The highest BCUT2D eigenvalue weighted by atomic mass is 32.2. The average Bonchev–Trinajstić information content (AvgIpc) is 2.98. The van der Waals surface area contributed by atoms with Crippen LogP contribution in [0, 0.1) is 11.6 Å². The number of benzene rings is 2. The molecule has 0 fully saturated rings. The second-order valence-electron chi connectivity index (χ2n) is 4.91. The normalized spacial score (nSPS) is 11.6. The van der Waals surface area contributed by atoms with E-state index in [0.717, 1.165) is 12.1 Å². The average molecular weight is 334 g/mol. The number of rotatable bonds is 3. The van der Waals surface area contributed by atoms with Crippen LogP contribution < -0.4 is 5.14 Å². The molecule has 0 amide bonds. The molecule has 0 saturated carbocycles. The molecule has 2 N–H and O–H groups in total. The molecule has 2 aromatic carbocycles. The van der Waals surface area contributed by atoms with E-state index in [-0.39, 0.29) is 4.90 Å². The Morgan fingerprint density at radius 2 is 1.65 bits per heavy atom. The summed E-state index contributed by atoms with van der Waals surface area (Å²) in [5, 5.41) is 5.25. The summed E-state index contributed by atoms with van der Waals surface area (Å²) in [6.45, 7) is 0. The fraction of sp³-hybridized carbons (Fsp3) is 0. The third kappa shape index (κ3) is 2.88. The van der Waals surface area contributed by atoms with Gasteiger partial charge in [0.05, 0.1) is 11.4 Å². The van der Waals surface area contributed by atoms with E-state index in [0.29, 0.717) is 16.9 Å². The van der Waals surface area contributed by atoms with Crippen LogP contribution in [0.5, 0.6) is 0 Å². The molecule has 3 aromatic rings. The van der Waals surface area contributed by atoms with Crippen molar-refractivity contribution in [2.75, 3.05) is 0 Å². The molecule has 3 rings (SSSR count). The van der Waals surface area contributed by atoms with Crippen molar-refractivity contribution in [1.82, 2.24) is 4.57 Å². The molecule has 4 nitrogen and oxygen atoms in total. The van der Waals surface area contributed by atoms with E-state index in [2.05, 4.69) is 0 Å². The molecule has 7 heteroatoms. The lowest BCUT2D eigenvalue weighted by Gasteiger charge is -2.13. The van der Waals surface area contributed by atoms with Crippen LogP contribution in [0.2, 0.25) is 0 Å². The van der Waals surface area contributed by atoms with Gasteiger partial charge in [-0.1, -0.05) is 12.1 Å². The number of nitrogens with zero attached hydrogens (tertiary/aromatic N) is 1. The summed E-state index contributed by atoms with van der Waals surface area (Å²) < 4.78 is 51.6. The van der Waals surface area contributed by atoms with E-state index < -0.39 is 21.7 Å². The van der Waals surface area contributed by atoms with Crippen LogP contribution in [0.25, 0.3) is 16.9 Å². The highest BCUT2D eigenvalue weighted by Crippen LogP contribution is 2.28. The highest BCUT2D eigenvalue weighted by Gasteiger charge is 2.17. The van der Waals surface area contributed by atoms with E-state index in [1.165, 1.54) is 12.1 Å². The molecule has 0 aliphatic carbocycles. The molecule has 0 aliphatic rings. The van der Waals surface area contributed by atoms with E-state index in [1.807, 2.05) is 0 Å². The molecular formula is C16H12F2N2O2S. The van der Waals surface area contributed by atoms with Crippen molar-refractivity contribution < 1.29 is 17.2 Å². The van der Waals surface area contributed by atoms with Crippen LogP contribution in [0.4, 0.5) is 8.78 Å². The van der Waals surface area contributed by atoms with Gasteiger partial charge in [-0.05, 0) is 42.5 Å². The van der Waals surface area contributed by atoms with E-state index in [9.17, 15) is 17.2 Å². The minimum atomic E-state index is -3.93. The third-order valence-corrected chi connectivity index (χ3v) is 4.35. The topological polar surface area (TPSA) is 65.1 Å².